The Balaban J connectivity index is 1.62. The monoisotopic (exact) mass is 594 g/mol. The van der Waals surface area contributed by atoms with Crippen molar-refractivity contribution in [3.05, 3.63) is 12.2 Å². The Morgan fingerprint density at radius 3 is 2.51 bits per heavy atom. The third-order valence-corrected chi connectivity index (χ3v) is 10.5. The van der Waals surface area contributed by atoms with Crippen molar-refractivity contribution >= 4 is 33.8 Å². The Labute approximate surface area is 243 Å². The first-order chi connectivity index (χ1) is 19.2. The van der Waals surface area contributed by atoms with Gasteiger partial charge in [-0.3, -0.25) is 19.1 Å². The van der Waals surface area contributed by atoms with Gasteiger partial charge in [-0.15, -0.1) is 0 Å². The van der Waals surface area contributed by atoms with Crippen LogP contribution in [0.3, 0.4) is 0 Å². The number of allylic oxidation sites excluding steroid dienone is 1. The van der Waals surface area contributed by atoms with Gasteiger partial charge in [0.2, 0.25) is 21.8 Å². The van der Waals surface area contributed by atoms with Crippen LogP contribution < -0.4 is 15.4 Å². The van der Waals surface area contributed by atoms with E-state index in [2.05, 4.69) is 22.3 Å². The largest absolute Gasteiger partial charge is 0.444 e. The molecule has 0 aromatic carbocycles. The predicted octanol–water partition coefficient (Wildman–Crippen LogP) is 2.76. The first kappa shape index (κ1) is 31.3. The van der Waals surface area contributed by atoms with Crippen molar-refractivity contribution in [3.8, 4) is 0 Å². The highest BCUT2D eigenvalue weighted by Crippen LogP contribution is 2.46. The van der Waals surface area contributed by atoms with Gasteiger partial charge in [-0.1, -0.05) is 32.4 Å². The topological polar surface area (TPSA) is 151 Å². The molecule has 0 aromatic heterocycles. The third kappa shape index (κ3) is 7.42. The van der Waals surface area contributed by atoms with E-state index in [0.717, 1.165) is 12.8 Å². The smallest absolute Gasteiger partial charge is 0.408 e. The van der Waals surface area contributed by atoms with Crippen molar-refractivity contribution < 1.29 is 32.3 Å². The van der Waals surface area contributed by atoms with Gasteiger partial charge in [-0.2, -0.15) is 0 Å². The molecule has 41 heavy (non-hydrogen) atoms. The lowest BCUT2D eigenvalue weighted by molar-refractivity contribution is -0.142. The molecule has 3 fully saturated rings. The maximum atomic E-state index is 14.1. The van der Waals surface area contributed by atoms with E-state index in [0.29, 0.717) is 45.1 Å². The standard InChI is InChI=1S/C29H46N4O7S/c1-6-19-16-18(2)10-7-8-11-20-17-29(20,26(36)32-41(38,39)21-13-14-21)31-24(34)22-12-9-15-33(22)25(35)23(19)30-27(37)40-28(3,4)5/h8,11,18-23H,6-7,9-10,12-17H2,1-5H3,(H,30,37)(H,31,34)(H,32,36)/b11-8-/t18-,19-,20-,22+,23?,29-/m1/s1. The zero-order chi connectivity index (χ0) is 30.2. The molecule has 4 aliphatic rings. The summed E-state index contributed by atoms with van der Waals surface area (Å²) in [6.07, 6.45) is 8.44. The molecule has 0 bridgehead atoms. The summed E-state index contributed by atoms with van der Waals surface area (Å²) in [5.74, 6) is -1.81. The summed E-state index contributed by atoms with van der Waals surface area (Å²) < 4.78 is 32.8. The minimum Gasteiger partial charge on any atom is -0.444 e. The van der Waals surface area contributed by atoms with Crippen molar-refractivity contribution in [2.75, 3.05) is 6.54 Å². The number of rotatable bonds is 5. The van der Waals surface area contributed by atoms with Gasteiger partial charge < -0.3 is 20.3 Å². The summed E-state index contributed by atoms with van der Waals surface area (Å²) in [5, 5.41) is 5.11. The highest BCUT2D eigenvalue weighted by molar-refractivity contribution is 7.91. The van der Waals surface area contributed by atoms with Crippen LogP contribution in [0.4, 0.5) is 4.79 Å². The van der Waals surface area contributed by atoms with Crippen LogP contribution >= 0.6 is 0 Å². The van der Waals surface area contributed by atoms with E-state index < -0.39 is 56.4 Å². The maximum Gasteiger partial charge on any atom is 0.408 e. The van der Waals surface area contributed by atoms with E-state index >= 15 is 0 Å². The van der Waals surface area contributed by atoms with E-state index in [-0.39, 0.29) is 30.1 Å². The molecule has 0 radical (unpaired) electrons. The summed E-state index contributed by atoms with van der Waals surface area (Å²) in [7, 11) is -3.80. The van der Waals surface area contributed by atoms with Crippen LogP contribution in [0.2, 0.25) is 0 Å². The van der Waals surface area contributed by atoms with Crippen molar-refractivity contribution in [2.45, 2.75) is 121 Å². The van der Waals surface area contributed by atoms with Crippen LogP contribution in [-0.4, -0.2) is 72.2 Å². The quantitative estimate of drug-likeness (QED) is 0.414. The van der Waals surface area contributed by atoms with Crippen molar-refractivity contribution in [1.82, 2.24) is 20.3 Å². The molecule has 1 saturated heterocycles. The SMILES string of the molecule is CC[C@@H]1C[C@H](C)CC/C=C\[C@@H]2C[C@@]2(C(=O)NS(=O)(=O)C2CC2)NC(=O)[C@@H]2CCCN2C(=O)C1NC(=O)OC(C)(C)C. The minimum absolute atomic E-state index is 0.165. The normalized spacial score (nSPS) is 33.8. The number of nitrogens with zero attached hydrogens (tertiary/aromatic N) is 1. The zero-order valence-corrected chi connectivity index (χ0v) is 25.7. The van der Waals surface area contributed by atoms with Crippen LogP contribution in [0.15, 0.2) is 12.2 Å². The molecule has 11 nitrogen and oxygen atoms in total. The number of carbonyl (C=O) groups is 4. The van der Waals surface area contributed by atoms with Crippen LogP contribution in [0, 0.1) is 17.8 Å². The van der Waals surface area contributed by atoms with E-state index in [9.17, 15) is 27.6 Å². The van der Waals surface area contributed by atoms with Crippen LogP contribution in [0.5, 0.6) is 0 Å². The molecule has 3 N–H and O–H groups in total. The van der Waals surface area contributed by atoms with E-state index in [1.807, 2.05) is 19.1 Å². The molecule has 0 spiro atoms. The van der Waals surface area contributed by atoms with Gasteiger partial charge in [-0.05, 0) is 84.0 Å². The second-order valence-electron chi connectivity index (χ2n) is 13.3. The summed E-state index contributed by atoms with van der Waals surface area (Å²) in [6, 6.07) is -1.71. The number of sulfonamides is 1. The van der Waals surface area contributed by atoms with Crippen molar-refractivity contribution in [3.63, 3.8) is 0 Å². The molecule has 12 heteroatoms. The van der Waals surface area contributed by atoms with E-state index in [4.69, 9.17) is 4.74 Å². The first-order valence-corrected chi connectivity index (χ1v) is 16.6. The number of alkyl carbamates (subject to hydrolysis) is 1. The molecule has 1 unspecified atom stereocenters. The van der Waals surface area contributed by atoms with Crippen LogP contribution in [0.25, 0.3) is 0 Å². The van der Waals surface area contributed by atoms with Gasteiger partial charge in [0.1, 0.15) is 23.2 Å². The van der Waals surface area contributed by atoms with Gasteiger partial charge in [-0.25, -0.2) is 13.2 Å². The number of hydrogen-bond acceptors (Lipinski definition) is 7. The third-order valence-electron chi connectivity index (χ3n) is 8.64. The fourth-order valence-electron chi connectivity index (χ4n) is 6.08. The Kier molecular flexibility index (Phi) is 9.11. The Morgan fingerprint density at radius 1 is 1.17 bits per heavy atom. The number of nitrogens with one attached hydrogen (secondary N) is 3. The van der Waals surface area contributed by atoms with E-state index in [1.54, 1.807) is 20.8 Å². The maximum absolute atomic E-state index is 14.1. The zero-order valence-electron chi connectivity index (χ0n) is 24.9. The van der Waals surface area contributed by atoms with E-state index in [1.165, 1.54) is 4.90 Å². The van der Waals surface area contributed by atoms with Crippen LogP contribution in [0.1, 0.15) is 92.4 Å². The molecule has 4 amide bonds. The molecule has 6 atom stereocenters. The lowest BCUT2D eigenvalue weighted by Gasteiger charge is -2.34. The average molecular weight is 595 g/mol. The fourth-order valence-corrected chi connectivity index (χ4v) is 7.44. The predicted molar refractivity (Wildman–Crippen MR) is 153 cm³/mol. The summed E-state index contributed by atoms with van der Waals surface area (Å²) in [4.78, 5) is 55.4. The summed E-state index contributed by atoms with van der Waals surface area (Å²) in [5.41, 5.74) is -2.12. The Morgan fingerprint density at radius 2 is 1.88 bits per heavy atom. The molecular weight excluding hydrogens is 548 g/mol. The first-order valence-electron chi connectivity index (χ1n) is 15.0. The second-order valence-corrected chi connectivity index (χ2v) is 15.2. The molecule has 4 rings (SSSR count). The molecule has 2 heterocycles. The highest BCUT2D eigenvalue weighted by atomic mass is 32.2. The second kappa shape index (κ2) is 11.9. The molecule has 2 aliphatic carbocycles. The van der Waals surface area contributed by atoms with Gasteiger partial charge in [0.15, 0.2) is 0 Å². The van der Waals surface area contributed by atoms with Gasteiger partial charge in [0.05, 0.1) is 5.25 Å². The number of amides is 4. The number of ether oxygens (including phenoxy) is 1. The van der Waals surface area contributed by atoms with Gasteiger partial charge in [0.25, 0.3) is 5.91 Å². The summed E-state index contributed by atoms with van der Waals surface area (Å²) >= 11 is 0. The van der Waals surface area contributed by atoms with Crippen molar-refractivity contribution in [2.24, 2.45) is 17.8 Å². The lowest BCUT2D eigenvalue weighted by atomic mass is 9.85. The van der Waals surface area contributed by atoms with Gasteiger partial charge in [0, 0.05) is 12.5 Å². The number of carbonyl (C=O) groups excluding carboxylic acids is 4. The molecular formula is C29H46N4O7S. The Hall–Kier alpha value is -2.63. The van der Waals surface area contributed by atoms with Crippen LogP contribution in [-0.2, 0) is 29.1 Å². The molecule has 230 valence electrons. The number of hydrogen-bond donors (Lipinski definition) is 3. The molecule has 2 aliphatic heterocycles. The lowest BCUT2D eigenvalue weighted by Crippen LogP contribution is -2.59. The molecule has 2 saturated carbocycles. The minimum atomic E-state index is -3.80. The fraction of sp³-hybridized carbons (Fsp3) is 0.793. The van der Waals surface area contributed by atoms with Gasteiger partial charge >= 0.3 is 6.09 Å². The highest BCUT2D eigenvalue weighted by Gasteiger charge is 2.62. The average Bonchev–Trinajstić information content (AvgIpc) is 3.78. The van der Waals surface area contributed by atoms with Crippen molar-refractivity contribution in [1.29, 1.82) is 0 Å². The number of fused-ring (bicyclic) bond motifs is 2. The Bertz CT molecular complexity index is 1180. The summed E-state index contributed by atoms with van der Waals surface area (Å²) in [6.45, 7) is 9.71. The molecule has 0 aromatic rings.